The lowest BCUT2D eigenvalue weighted by atomic mass is 9.78. The van der Waals surface area contributed by atoms with E-state index in [0.29, 0.717) is 6.04 Å². The molecule has 1 amide bonds. The molecule has 5 rings (SSSR count). The Morgan fingerprint density at radius 1 is 1.25 bits per heavy atom. The van der Waals surface area contributed by atoms with Gasteiger partial charge in [0.2, 0.25) is 0 Å². The van der Waals surface area contributed by atoms with Crippen LogP contribution in [0.2, 0.25) is 0 Å². The zero-order valence-corrected chi connectivity index (χ0v) is 16.1. The molecule has 3 fully saturated rings. The van der Waals surface area contributed by atoms with Crippen molar-refractivity contribution >= 4 is 5.91 Å². The van der Waals surface area contributed by atoms with Gasteiger partial charge in [-0.25, -0.2) is 16.3 Å². The van der Waals surface area contributed by atoms with Gasteiger partial charge in [-0.1, -0.05) is 6.07 Å². The predicted octanol–water partition coefficient (Wildman–Crippen LogP) is -0.512. The molecule has 1 aromatic rings. The van der Waals surface area contributed by atoms with Crippen LogP contribution in [0, 0.1) is 5.92 Å². The molecule has 28 heavy (non-hydrogen) atoms. The van der Waals surface area contributed by atoms with Gasteiger partial charge in [0.1, 0.15) is 6.17 Å². The van der Waals surface area contributed by atoms with E-state index in [9.17, 15) is 4.79 Å². The predicted molar refractivity (Wildman–Crippen MR) is 102 cm³/mol. The van der Waals surface area contributed by atoms with Gasteiger partial charge in [-0.3, -0.25) is 14.8 Å². The van der Waals surface area contributed by atoms with Crippen LogP contribution in [0.3, 0.4) is 0 Å². The van der Waals surface area contributed by atoms with Crippen molar-refractivity contribution in [3.63, 3.8) is 0 Å². The summed E-state index contributed by atoms with van der Waals surface area (Å²) in [4.78, 5) is 17.5. The Balaban J connectivity index is 1.43. The monoisotopic (exact) mass is 385 g/mol. The summed E-state index contributed by atoms with van der Waals surface area (Å²) in [7, 11) is 1.74. The van der Waals surface area contributed by atoms with Crippen LogP contribution in [0.5, 0.6) is 0 Å². The molecule has 4 heterocycles. The van der Waals surface area contributed by atoms with E-state index in [4.69, 9.17) is 4.74 Å². The van der Waals surface area contributed by atoms with Crippen LogP contribution in [-0.4, -0.2) is 53.4 Å². The lowest BCUT2D eigenvalue weighted by Gasteiger charge is -2.42. The van der Waals surface area contributed by atoms with Crippen molar-refractivity contribution in [3.05, 3.63) is 41.9 Å². The maximum atomic E-state index is 12.9. The van der Waals surface area contributed by atoms with Crippen LogP contribution in [-0.2, 0) is 9.53 Å². The quantitative estimate of drug-likeness (QED) is 0.474. The molecule has 4 aliphatic rings. The third-order valence-electron chi connectivity index (χ3n) is 6.50. The summed E-state index contributed by atoms with van der Waals surface area (Å²) >= 11 is 0. The molecule has 7 atom stereocenters. The van der Waals surface area contributed by atoms with Crippen LogP contribution in [0.25, 0.3) is 0 Å². The lowest BCUT2D eigenvalue weighted by molar-refractivity contribution is -0.131. The molecule has 1 aliphatic carbocycles. The van der Waals surface area contributed by atoms with Crippen molar-refractivity contribution in [2.24, 2.45) is 5.92 Å². The Morgan fingerprint density at radius 3 is 2.93 bits per heavy atom. The van der Waals surface area contributed by atoms with Gasteiger partial charge in [-0.15, -0.1) is 0 Å². The van der Waals surface area contributed by atoms with Crippen molar-refractivity contribution in [2.75, 3.05) is 7.11 Å². The van der Waals surface area contributed by atoms with Crippen LogP contribution in [0.1, 0.15) is 31.4 Å². The Hall–Kier alpha value is -2.04. The van der Waals surface area contributed by atoms with Crippen molar-refractivity contribution in [1.82, 2.24) is 37.1 Å². The van der Waals surface area contributed by atoms with Gasteiger partial charge in [0.25, 0.3) is 5.91 Å². The first kappa shape index (κ1) is 18.0. The van der Waals surface area contributed by atoms with E-state index in [2.05, 4.69) is 39.0 Å². The number of aromatic nitrogens is 1. The zero-order valence-electron chi connectivity index (χ0n) is 16.1. The van der Waals surface area contributed by atoms with E-state index < -0.39 is 0 Å². The van der Waals surface area contributed by atoms with Gasteiger partial charge in [0, 0.05) is 48.8 Å². The van der Waals surface area contributed by atoms with Gasteiger partial charge >= 0.3 is 0 Å². The molecule has 0 spiro atoms. The molecule has 7 unspecified atom stereocenters. The summed E-state index contributed by atoms with van der Waals surface area (Å²) in [6.45, 7) is 2.09. The Labute approximate surface area is 164 Å². The van der Waals surface area contributed by atoms with Crippen molar-refractivity contribution in [3.8, 4) is 0 Å². The fourth-order valence-corrected chi connectivity index (χ4v) is 5.18. The maximum Gasteiger partial charge on any atom is 0.264 e. The molecule has 5 N–H and O–H groups in total. The molecule has 2 saturated heterocycles. The average molecular weight is 385 g/mol. The van der Waals surface area contributed by atoms with E-state index in [1.54, 1.807) is 24.4 Å². The summed E-state index contributed by atoms with van der Waals surface area (Å²) in [6.07, 6.45) is 5.30. The Kier molecular flexibility index (Phi) is 4.56. The molecular formula is C19H27N7O2. The van der Waals surface area contributed by atoms with Crippen LogP contribution >= 0.6 is 0 Å². The second kappa shape index (κ2) is 7.09. The summed E-state index contributed by atoms with van der Waals surface area (Å²) in [6, 6.07) is 6.52. The van der Waals surface area contributed by atoms with E-state index >= 15 is 0 Å². The fourth-order valence-electron chi connectivity index (χ4n) is 5.18. The van der Waals surface area contributed by atoms with Crippen LogP contribution < -0.4 is 27.1 Å². The molecular weight excluding hydrogens is 358 g/mol. The number of hydrazine groups is 3. The number of carbonyl (C=O) groups is 1. The van der Waals surface area contributed by atoms with E-state index in [1.807, 2.05) is 18.2 Å². The summed E-state index contributed by atoms with van der Waals surface area (Å²) < 4.78 is 5.87. The molecule has 0 bridgehead atoms. The van der Waals surface area contributed by atoms with Crippen molar-refractivity contribution in [2.45, 2.75) is 56.1 Å². The highest BCUT2D eigenvalue weighted by Gasteiger charge is 2.49. The topological polar surface area (TPSA) is 103 Å². The Morgan fingerprint density at radius 2 is 2.14 bits per heavy atom. The first-order valence-electron chi connectivity index (χ1n) is 9.94. The standard InChI is InChI=1S/C19H27N7O2/c1-10-16(12-5-3-4-8-20-12)19-21-14(9-15(27)26(19)24-10)11-6-7-13-17(18(11)28-2)23-25-22-13/h3-5,8-11,13,16-19,21-25H,6-7H2,1-2H3. The summed E-state index contributed by atoms with van der Waals surface area (Å²) in [5, 5.41) is 5.36. The number of ether oxygens (including phenoxy) is 1. The van der Waals surface area contributed by atoms with Crippen LogP contribution in [0.15, 0.2) is 36.2 Å². The highest BCUT2D eigenvalue weighted by atomic mass is 16.5. The van der Waals surface area contributed by atoms with Gasteiger partial charge in [-0.05, 0) is 31.9 Å². The number of hydrogen-bond acceptors (Lipinski definition) is 8. The van der Waals surface area contributed by atoms with Gasteiger partial charge in [0.15, 0.2) is 0 Å². The van der Waals surface area contributed by atoms with Crippen molar-refractivity contribution < 1.29 is 9.53 Å². The van der Waals surface area contributed by atoms with Gasteiger partial charge < -0.3 is 10.1 Å². The van der Waals surface area contributed by atoms with E-state index in [0.717, 1.165) is 24.2 Å². The average Bonchev–Trinajstić information content (AvgIpc) is 3.31. The van der Waals surface area contributed by atoms with Gasteiger partial charge in [0.05, 0.1) is 18.1 Å². The zero-order chi connectivity index (χ0) is 19.3. The second-order valence-electron chi connectivity index (χ2n) is 8.03. The number of fused-ring (bicyclic) bond motifs is 2. The lowest BCUT2D eigenvalue weighted by Crippen LogP contribution is -2.58. The molecule has 1 aromatic heterocycles. The molecule has 150 valence electrons. The molecule has 1 saturated carbocycles. The second-order valence-corrected chi connectivity index (χ2v) is 8.03. The Bertz CT molecular complexity index is 773. The first-order chi connectivity index (χ1) is 13.7. The number of carbonyl (C=O) groups excluding carboxylic acids is 1. The number of hydrogen-bond donors (Lipinski definition) is 5. The summed E-state index contributed by atoms with van der Waals surface area (Å²) in [5.41, 5.74) is 14.8. The third-order valence-corrected chi connectivity index (χ3v) is 6.50. The molecule has 9 heteroatoms. The van der Waals surface area contributed by atoms with Crippen LogP contribution in [0.4, 0.5) is 0 Å². The third kappa shape index (κ3) is 2.82. The highest BCUT2D eigenvalue weighted by molar-refractivity contribution is 5.89. The van der Waals surface area contributed by atoms with Gasteiger partial charge in [-0.2, -0.15) is 5.53 Å². The number of nitrogens with zero attached hydrogens (tertiary/aromatic N) is 2. The minimum Gasteiger partial charge on any atom is -0.379 e. The molecule has 3 aliphatic heterocycles. The number of rotatable bonds is 3. The maximum absolute atomic E-state index is 12.9. The molecule has 0 radical (unpaired) electrons. The minimum atomic E-state index is -0.166. The largest absolute Gasteiger partial charge is 0.379 e. The van der Waals surface area contributed by atoms with E-state index in [-0.39, 0.29) is 42.1 Å². The fraction of sp³-hybridized carbons (Fsp3) is 0.579. The first-order valence-corrected chi connectivity index (χ1v) is 9.94. The number of pyridine rings is 1. The smallest absolute Gasteiger partial charge is 0.264 e. The molecule has 9 nitrogen and oxygen atoms in total. The summed E-state index contributed by atoms with van der Waals surface area (Å²) in [5.74, 6) is 0.183. The van der Waals surface area contributed by atoms with Crippen molar-refractivity contribution in [1.29, 1.82) is 0 Å². The molecule has 0 aromatic carbocycles. The number of amides is 1. The highest BCUT2D eigenvalue weighted by Crippen LogP contribution is 2.37. The van der Waals surface area contributed by atoms with E-state index in [1.165, 1.54) is 0 Å². The number of nitrogens with one attached hydrogen (secondary N) is 5. The number of methoxy groups -OCH3 is 1. The minimum absolute atomic E-state index is 0.0170. The SMILES string of the molecule is COC1C(C2=CC(=O)N3NC(C)C(c4ccccn4)C3N2)CCC2NNNC21. The normalized spacial score (nSPS) is 39.9.